The lowest BCUT2D eigenvalue weighted by molar-refractivity contribution is -0.137. The molecule has 0 saturated carbocycles. The average molecular weight is 588 g/mol. The molecule has 0 saturated heterocycles. The van der Waals surface area contributed by atoms with Gasteiger partial charge in [-0.05, 0) is 78.8 Å². The Hall–Kier alpha value is -2.67. The molecule has 2 heterocycles. The van der Waals surface area contributed by atoms with Gasteiger partial charge in [0, 0.05) is 28.5 Å². The van der Waals surface area contributed by atoms with Crippen LogP contribution in [-0.2, 0) is 6.18 Å². The molecular formula is C23H24F3IN4O3. The van der Waals surface area contributed by atoms with Crippen LogP contribution in [0.1, 0.15) is 41.9 Å². The van der Waals surface area contributed by atoms with Crippen LogP contribution < -0.4 is 10.6 Å². The van der Waals surface area contributed by atoms with Crippen molar-refractivity contribution in [2.45, 2.75) is 32.0 Å². The fraction of sp³-hybridized carbons (Fsp3) is 0.348. The third kappa shape index (κ3) is 6.47. The zero-order valence-corrected chi connectivity index (χ0v) is 20.7. The van der Waals surface area contributed by atoms with E-state index in [9.17, 15) is 27.9 Å². The Bertz CT molecular complexity index is 1100. The van der Waals surface area contributed by atoms with E-state index >= 15 is 0 Å². The monoisotopic (exact) mass is 588 g/mol. The third-order valence-electron chi connectivity index (χ3n) is 5.21. The summed E-state index contributed by atoms with van der Waals surface area (Å²) in [6.07, 6.45) is -0.549. The number of pyridine rings is 1. The highest BCUT2D eigenvalue weighted by atomic mass is 127. The topological polar surface area (TPSA) is 94.6 Å². The first-order valence-corrected chi connectivity index (χ1v) is 11.5. The van der Waals surface area contributed by atoms with E-state index in [0.29, 0.717) is 25.1 Å². The maximum absolute atomic E-state index is 12.7. The molecule has 34 heavy (non-hydrogen) atoms. The van der Waals surface area contributed by atoms with Crippen LogP contribution in [0.5, 0.6) is 0 Å². The number of carbonyl (C=O) groups is 2. The molecule has 7 nitrogen and oxygen atoms in total. The van der Waals surface area contributed by atoms with Gasteiger partial charge in [0.25, 0.3) is 5.91 Å². The number of urea groups is 1. The highest BCUT2D eigenvalue weighted by molar-refractivity contribution is 14.1. The van der Waals surface area contributed by atoms with Crippen LogP contribution in [0.4, 0.5) is 23.7 Å². The van der Waals surface area contributed by atoms with Gasteiger partial charge in [0.15, 0.2) is 0 Å². The van der Waals surface area contributed by atoms with E-state index in [2.05, 4.69) is 38.2 Å². The number of rotatable bonds is 5. The lowest BCUT2D eigenvalue weighted by Gasteiger charge is -2.27. The molecule has 0 aliphatic carbocycles. The standard InChI is InChI=1S/C23H24F3IN4O3/c1-22(2,13-32)30-20(33)15-11-18(27)19(28-12-15)14-7-9-31(10-8-14)21(34)29-17-5-3-16(4-6-17)23(24,25)26/h3-7,11-12,32H,8-10,13H2,1-2H3,(H,29,34)(H,30,33). The molecule has 1 aromatic heterocycles. The highest BCUT2D eigenvalue weighted by Crippen LogP contribution is 2.30. The van der Waals surface area contributed by atoms with Crippen molar-refractivity contribution in [2.24, 2.45) is 0 Å². The molecule has 0 unspecified atom stereocenters. The van der Waals surface area contributed by atoms with Crippen LogP contribution in [0.15, 0.2) is 42.6 Å². The van der Waals surface area contributed by atoms with Gasteiger partial charge in [0.1, 0.15) is 0 Å². The Labute approximate surface area is 208 Å². The number of alkyl halides is 3. The minimum absolute atomic E-state index is 0.197. The Morgan fingerprint density at radius 3 is 2.41 bits per heavy atom. The molecule has 11 heteroatoms. The van der Waals surface area contributed by atoms with Gasteiger partial charge in [-0.3, -0.25) is 9.78 Å². The second kappa shape index (κ2) is 10.3. The van der Waals surface area contributed by atoms with Crippen molar-refractivity contribution in [3.63, 3.8) is 0 Å². The predicted molar refractivity (Wildman–Crippen MR) is 130 cm³/mol. The molecule has 1 aliphatic heterocycles. The second-order valence-electron chi connectivity index (χ2n) is 8.48. The first-order valence-electron chi connectivity index (χ1n) is 10.4. The van der Waals surface area contributed by atoms with E-state index in [0.717, 1.165) is 27.0 Å². The number of carbonyl (C=O) groups excluding carboxylic acids is 2. The summed E-state index contributed by atoms with van der Waals surface area (Å²) in [6, 6.07) is 5.60. The van der Waals surface area contributed by atoms with Gasteiger partial charge in [-0.1, -0.05) is 6.08 Å². The zero-order valence-electron chi connectivity index (χ0n) is 18.5. The van der Waals surface area contributed by atoms with E-state index in [4.69, 9.17) is 0 Å². The summed E-state index contributed by atoms with van der Waals surface area (Å²) in [6.45, 7) is 3.95. The van der Waals surface area contributed by atoms with E-state index in [-0.39, 0.29) is 18.2 Å². The second-order valence-corrected chi connectivity index (χ2v) is 9.64. The van der Waals surface area contributed by atoms with Crippen LogP contribution in [0.3, 0.4) is 0 Å². The van der Waals surface area contributed by atoms with Crippen molar-refractivity contribution in [2.75, 3.05) is 25.0 Å². The van der Waals surface area contributed by atoms with Crippen LogP contribution in [0.25, 0.3) is 5.57 Å². The molecule has 0 radical (unpaired) electrons. The Morgan fingerprint density at radius 2 is 1.88 bits per heavy atom. The molecule has 1 aliphatic rings. The molecule has 182 valence electrons. The van der Waals surface area contributed by atoms with Crippen molar-refractivity contribution in [1.29, 1.82) is 0 Å². The van der Waals surface area contributed by atoms with Gasteiger partial charge in [0.2, 0.25) is 0 Å². The molecule has 1 aromatic carbocycles. The summed E-state index contributed by atoms with van der Waals surface area (Å²) in [5.74, 6) is -0.334. The number of benzene rings is 1. The van der Waals surface area contributed by atoms with Gasteiger partial charge in [-0.15, -0.1) is 0 Å². The number of amides is 3. The molecule has 3 rings (SSSR count). The van der Waals surface area contributed by atoms with Gasteiger partial charge in [-0.2, -0.15) is 13.2 Å². The molecule has 0 bridgehead atoms. The summed E-state index contributed by atoms with van der Waals surface area (Å²) in [5.41, 5.74) is 0.786. The smallest absolute Gasteiger partial charge is 0.394 e. The van der Waals surface area contributed by atoms with Crippen LogP contribution in [-0.4, -0.2) is 52.2 Å². The van der Waals surface area contributed by atoms with Crippen molar-refractivity contribution >= 4 is 45.8 Å². The Balaban J connectivity index is 1.63. The fourth-order valence-corrected chi connectivity index (χ4v) is 4.05. The highest BCUT2D eigenvalue weighted by Gasteiger charge is 2.30. The van der Waals surface area contributed by atoms with Gasteiger partial charge in [0.05, 0.1) is 29.0 Å². The summed E-state index contributed by atoms with van der Waals surface area (Å²) in [7, 11) is 0. The number of nitrogens with one attached hydrogen (secondary N) is 2. The quantitative estimate of drug-likeness (QED) is 0.448. The number of anilines is 1. The number of hydrogen-bond donors (Lipinski definition) is 3. The maximum Gasteiger partial charge on any atom is 0.416 e. The van der Waals surface area contributed by atoms with E-state index in [1.807, 2.05) is 6.08 Å². The predicted octanol–water partition coefficient (Wildman–Crippen LogP) is 4.53. The van der Waals surface area contributed by atoms with Gasteiger partial charge >= 0.3 is 12.2 Å². The Kier molecular flexibility index (Phi) is 7.86. The number of hydrogen-bond acceptors (Lipinski definition) is 4. The number of halogens is 4. The summed E-state index contributed by atoms with van der Waals surface area (Å²) >= 11 is 2.10. The van der Waals surface area contributed by atoms with E-state index in [1.165, 1.54) is 18.3 Å². The normalized spacial score (nSPS) is 14.4. The Morgan fingerprint density at radius 1 is 1.21 bits per heavy atom. The summed E-state index contributed by atoms with van der Waals surface area (Å²) in [5, 5.41) is 14.7. The lowest BCUT2D eigenvalue weighted by Crippen LogP contribution is -2.46. The fourth-order valence-electron chi connectivity index (χ4n) is 3.23. The average Bonchev–Trinajstić information content (AvgIpc) is 2.78. The third-order valence-corrected chi connectivity index (χ3v) is 6.04. The molecule has 0 spiro atoms. The number of aliphatic hydroxyl groups excluding tert-OH is 1. The number of nitrogens with zero attached hydrogens (tertiary/aromatic N) is 2. The molecule has 0 fully saturated rings. The molecule has 2 aromatic rings. The minimum Gasteiger partial charge on any atom is -0.394 e. The SMILES string of the molecule is CC(C)(CO)NC(=O)c1cnc(C2=CCN(C(=O)Nc3ccc(C(F)(F)F)cc3)CC2)c(I)c1. The lowest BCUT2D eigenvalue weighted by atomic mass is 10.0. The van der Waals surface area contributed by atoms with Crippen molar-refractivity contribution < 1.29 is 27.9 Å². The summed E-state index contributed by atoms with van der Waals surface area (Å²) < 4.78 is 38.8. The van der Waals surface area contributed by atoms with Crippen molar-refractivity contribution in [3.05, 3.63) is 63.0 Å². The van der Waals surface area contributed by atoms with Gasteiger partial charge < -0.3 is 20.6 Å². The van der Waals surface area contributed by atoms with Crippen LogP contribution >= 0.6 is 22.6 Å². The molecular weight excluding hydrogens is 564 g/mol. The molecule has 3 N–H and O–H groups in total. The largest absolute Gasteiger partial charge is 0.416 e. The van der Waals surface area contributed by atoms with E-state index < -0.39 is 23.3 Å². The van der Waals surface area contributed by atoms with E-state index in [1.54, 1.807) is 24.8 Å². The number of aromatic nitrogens is 1. The van der Waals surface area contributed by atoms with Crippen molar-refractivity contribution in [3.8, 4) is 0 Å². The van der Waals surface area contributed by atoms with Crippen LogP contribution in [0, 0.1) is 3.57 Å². The maximum atomic E-state index is 12.7. The van der Waals surface area contributed by atoms with Crippen LogP contribution in [0.2, 0.25) is 0 Å². The van der Waals surface area contributed by atoms with Crippen molar-refractivity contribution in [1.82, 2.24) is 15.2 Å². The first-order chi connectivity index (χ1) is 15.9. The van der Waals surface area contributed by atoms with Gasteiger partial charge in [-0.25, -0.2) is 4.79 Å². The number of aliphatic hydroxyl groups is 1. The molecule has 0 atom stereocenters. The first kappa shape index (κ1) is 25.9. The molecule has 3 amide bonds. The zero-order chi connectivity index (χ0) is 25.1. The minimum atomic E-state index is -4.43. The summed E-state index contributed by atoms with van der Waals surface area (Å²) in [4.78, 5) is 30.9.